The van der Waals surface area contributed by atoms with Crippen LogP contribution in [0.4, 0.5) is 5.82 Å². The fraction of sp³-hybridized carbons (Fsp3) is 0.273. The van der Waals surface area contributed by atoms with Crippen LogP contribution in [0.5, 0.6) is 11.5 Å². The van der Waals surface area contributed by atoms with Crippen LogP contribution in [0.2, 0.25) is 0 Å². The van der Waals surface area contributed by atoms with Gasteiger partial charge in [-0.15, -0.1) is 11.3 Å². The summed E-state index contributed by atoms with van der Waals surface area (Å²) in [4.78, 5) is 27.3. The first kappa shape index (κ1) is 18.7. The van der Waals surface area contributed by atoms with Crippen LogP contribution >= 0.6 is 11.3 Å². The number of anilines is 1. The van der Waals surface area contributed by atoms with Crippen molar-refractivity contribution in [2.45, 2.75) is 24.7 Å². The summed E-state index contributed by atoms with van der Waals surface area (Å²) in [6.07, 6.45) is 1.14. The van der Waals surface area contributed by atoms with Gasteiger partial charge in [0, 0.05) is 40.1 Å². The zero-order chi connectivity index (χ0) is 20.8. The number of allylic oxidation sites excluding steroid dienone is 2. The minimum absolute atomic E-state index is 0.0521. The van der Waals surface area contributed by atoms with Crippen molar-refractivity contribution in [3.63, 3.8) is 0 Å². The van der Waals surface area contributed by atoms with E-state index in [1.165, 1.54) is 4.88 Å². The van der Waals surface area contributed by atoms with Gasteiger partial charge in [-0.1, -0.05) is 12.1 Å². The number of nitrogens with one attached hydrogen (secondary N) is 3. The molecule has 1 aliphatic heterocycles. The molecule has 2 atom stereocenters. The number of fused-ring (bicyclic) bond motifs is 1. The van der Waals surface area contributed by atoms with Gasteiger partial charge in [0.15, 0.2) is 5.78 Å². The zero-order valence-electron chi connectivity index (χ0n) is 16.6. The quantitative estimate of drug-likeness (QED) is 0.594. The van der Waals surface area contributed by atoms with E-state index in [2.05, 4.69) is 21.6 Å². The third kappa shape index (κ3) is 2.87. The Morgan fingerprint density at radius 2 is 1.93 bits per heavy atom. The van der Waals surface area contributed by atoms with Crippen LogP contribution in [0.3, 0.4) is 0 Å². The lowest BCUT2D eigenvalue weighted by atomic mass is 9.73. The number of H-pyrrole nitrogens is 2. The monoisotopic (exact) mass is 423 g/mol. The van der Waals surface area contributed by atoms with Gasteiger partial charge in [0.2, 0.25) is 0 Å². The van der Waals surface area contributed by atoms with Gasteiger partial charge in [-0.2, -0.15) is 0 Å². The van der Waals surface area contributed by atoms with Crippen molar-refractivity contribution in [1.82, 2.24) is 10.2 Å². The highest BCUT2D eigenvalue weighted by Crippen LogP contribution is 2.49. The summed E-state index contributed by atoms with van der Waals surface area (Å²) in [6.45, 7) is 0. The number of Topliss-reactive ketones (excluding diaryl/α,β-unsaturated/α-hetero) is 1. The second-order valence-corrected chi connectivity index (χ2v) is 8.45. The number of carbonyl (C=O) groups is 1. The maximum atomic E-state index is 13.4. The molecule has 0 bridgehead atoms. The number of aromatic nitrogens is 2. The van der Waals surface area contributed by atoms with Gasteiger partial charge in [-0.3, -0.25) is 19.8 Å². The second kappa shape index (κ2) is 7.21. The molecule has 154 valence electrons. The first-order valence-electron chi connectivity index (χ1n) is 9.69. The predicted octanol–water partition coefficient (Wildman–Crippen LogP) is 3.74. The first-order chi connectivity index (χ1) is 14.6. The van der Waals surface area contributed by atoms with Crippen molar-refractivity contribution in [2.24, 2.45) is 0 Å². The fourth-order valence-corrected chi connectivity index (χ4v) is 5.34. The molecule has 3 heterocycles. The van der Waals surface area contributed by atoms with E-state index in [0.29, 0.717) is 41.3 Å². The highest BCUT2D eigenvalue weighted by molar-refractivity contribution is 7.10. The highest BCUT2D eigenvalue weighted by atomic mass is 32.1. The van der Waals surface area contributed by atoms with E-state index in [1.54, 1.807) is 31.6 Å². The zero-order valence-corrected chi connectivity index (χ0v) is 17.4. The lowest BCUT2D eigenvalue weighted by molar-refractivity contribution is -0.116. The summed E-state index contributed by atoms with van der Waals surface area (Å²) in [6, 6.07) is 9.55. The van der Waals surface area contributed by atoms with Crippen molar-refractivity contribution >= 4 is 22.9 Å². The third-order valence-electron chi connectivity index (χ3n) is 5.87. The summed E-state index contributed by atoms with van der Waals surface area (Å²) in [5, 5.41) is 10.9. The van der Waals surface area contributed by atoms with Crippen LogP contribution in [0, 0.1) is 0 Å². The molecular formula is C22H21N3O4S. The minimum Gasteiger partial charge on any atom is -0.497 e. The third-order valence-corrected chi connectivity index (χ3v) is 6.91. The molecule has 3 N–H and O–H groups in total. The highest BCUT2D eigenvalue weighted by Gasteiger charge is 2.41. The summed E-state index contributed by atoms with van der Waals surface area (Å²) < 4.78 is 10.9. The number of ether oxygens (including phenoxy) is 2. The van der Waals surface area contributed by atoms with Crippen LogP contribution in [0.1, 0.15) is 40.7 Å². The molecule has 0 fully saturated rings. The van der Waals surface area contributed by atoms with Crippen molar-refractivity contribution in [3.05, 3.63) is 73.3 Å². The average molecular weight is 423 g/mol. The van der Waals surface area contributed by atoms with Crippen molar-refractivity contribution in [2.75, 3.05) is 19.5 Å². The maximum absolute atomic E-state index is 13.4. The molecule has 3 aromatic rings. The Bertz CT molecular complexity index is 1210. The van der Waals surface area contributed by atoms with Crippen LogP contribution in [-0.2, 0) is 4.79 Å². The largest absolute Gasteiger partial charge is 0.497 e. The lowest BCUT2D eigenvalue weighted by Crippen LogP contribution is -2.31. The summed E-state index contributed by atoms with van der Waals surface area (Å²) >= 11 is 1.67. The Morgan fingerprint density at radius 1 is 1.07 bits per heavy atom. The van der Waals surface area contributed by atoms with Crippen molar-refractivity contribution in [3.8, 4) is 11.5 Å². The normalized spacial score (nSPS) is 20.4. The molecule has 30 heavy (non-hydrogen) atoms. The van der Waals surface area contributed by atoms with E-state index >= 15 is 0 Å². The van der Waals surface area contributed by atoms with E-state index < -0.39 is 5.92 Å². The molecule has 7 nitrogen and oxygen atoms in total. The minimum atomic E-state index is -0.510. The van der Waals surface area contributed by atoms with E-state index in [0.717, 1.165) is 11.3 Å². The Kier molecular flexibility index (Phi) is 4.51. The first-order valence-corrected chi connectivity index (χ1v) is 10.6. The topological polar surface area (TPSA) is 96.2 Å². The van der Waals surface area contributed by atoms with Crippen molar-refractivity contribution in [1.29, 1.82) is 0 Å². The number of hydrogen-bond donors (Lipinski definition) is 3. The van der Waals surface area contributed by atoms with Gasteiger partial charge in [-0.05, 0) is 23.9 Å². The molecule has 1 aliphatic carbocycles. The van der Waals surface area contributed by atoms with Gasteiger partial charge >= 0.3 is 0 Å². The number of rotatable bonds is 4. The number of benzene rings is 1. The summed E-state index contributed by atoms with van der Waals surface area (Å²) in [7, 11) is 3.16. The number of ketones is 1. The standard InChI is InChI=1S/C22H21N3O4S/c1-28-12-5-6-13(16(10-12)29-2)18-19-14(23-21-20(18)22(27)25-24-21)8-11(9-15(19)26)17-4-3-7-30-17/h3-7,10-11,18H,8-9H2,1-2H3,(H3,23,24,25,27). The van der Waals surface area contributed by atoms with Crippen LogP contribution < -0.4 is 20.3 Å². The number of aromatic amines is 2. The molecule has 2 aliphatic rings. The molecule has 2 aromatic heterocycles. The predicted molar refractivity (Wildman–Crippen MR) is 115 cm³/mol. The molecule has 2 unspecified atom stereocenters. The Balaban J connectivity index is 1.68. The van der Waals surface area contributed by atoms with Gasteiger partial charge in [-0.25, -0.2) is 0 Å². The maximum Gasteiger partial charge on any atom is 0.270 e. The van der Waals surface area contributed by atoms with Crippen LogP contribution in [0.15, 0.2) is 51.8 Å². The van der Waals surface area contributed by atoms with Gasteiger partial charge in [0.25, 0.3) is 5.56 Å². The van der Waals surface area contributed by atoms with E-state index in [4.69, 9.17) is 9.47 Å². The van der Waals surface area contributed by atoms with Gasteiger partial charge < -0.3 is 14.8 Å². The number of carbonyl (C=O) groups excluding carboxylic acids is 1. The van der Waals surface area contributed by atoms with E-state index in [9.17, 15) is 9.59 Å². The SMILES string of the molecule is COc1ccc(C2C3=C(CC(c4cccs4)CC3=O)Nc3[nH][nH]c(=O)c32)c(OC)c1. The molecule has 0 spiro atoms. The summed E-state index contributed by atoms with van der Waals surface area (Å²) in [5.41, 5.74) is 2.51. The van der Waals surface area contributed by atoms with E-state index in [1.807, 2.05) is 23.6 Å². The van der Waals surface area contributed by atoms with Crippen LogP contribution in [-0.4, -0.2) is 30.2 Å². The second-order valence-electron chi connectivity index (χ2n) is 7.47. The molecule has 0 saturated carbocycles. The molecular weight excluding hydrogens is 402 g/mol. The number of methoxy groups -OCH3 is 2. The fourth-order valence-electron chi connectivity index (χ4n) is 4.51. The number of thiophene rings is 1. The van der Waals surface area contributed by atoms with Gasteiger partial charge in [0.1, 0.15) is 17.3 Å². The molecule has 8 heteroatoms. The van der Waals surface area contributed by atoms with E-state index in [-0.39, 0.29) is 17.3 Å². The Hall–Kier alpha value is -3.26. The molecule has 5 rings (SSSR count). The molecule has 1 aromatic carbocycles. The molecule has 0 saturated heterocycles. The Labute approximate surface area is 176 Å². The Morgan fingerprint density at radius 3 is 2.67 bits per heavy atom. The molecule has 0 amide bonds. The van der Waals surface area contributed by atoms with Crippen molar-refractivity contribution < 1.29 is 14.3 Å². The molecule has 0 radical (unpaired) electrons. The van der Waals surface area contributed by atoms with Gasteiger partial charge in [0.05, 0.1) is 25.7 Å². The summed E-state index contributed by atoms with van der Waals surface area (Å²) in [5.74, 6) is 1.50. The average Bonchev–Trinajstić information content (AvgIpc) is 3.42. The lowest BCUT2D eigenvalue weighted by Gasteiger charge is -2.34. The van der Waals surface area contributed by atoms with Crippen LogP contribution in [0.25, 0.3) is 0 Å². The number of hydrogen-bond acceptors (Lipinski definition) is 6. The smallest absolute Gasteiger partial charge is 0.270 e.